The van der Waals surface area contributed by atoms with Crippen LogP contribution in [0.25, 0.3) is 0 Å². The summed E-state index contributed by atoms with van der Waals surface area (Å²) < 4.78 is 0. The lowest BCUT2D eigenvalue weighted by Crippen LogP contribution is -2.37. The van der Waals surface area contributed by atoms with E-state index >= 15 is 0 Å². The van der Waals surface area contributed by atoms with E-state index in [-0.39, 0.29) is 0 Å². The Bertz CT molecular complexity index is 381. The highest BCUT2D eigenvalue weighted by Crippen LogP contribution is 2.30. The number of rotatable bonds is 4. The average Bonchev–Trinajstić information content (AvgIpc) is 2.41. The van der Waals surface area contributed by atoms with Gasteiger partial charge in [0.05, 0.1) is 0 Å². The van der Waals surface area contributed by atoms with E-state index in [0.717, 1.165) is 12.6 Å². The molecule has 0 spiro atoms. The third kappa shape index (κ3) is 2.86. The molecule has 2 heteroatoms. The molecule has 18 heavy (non-hydrogen) atoms. The molecule has 0 amide bonds. The summed E-state index contributed by atoms with van der Waals surface area (Å²) in [5.41, 5.74) is 9.88. The standard InChI is InChI=1S/C16H26N2/c1-3-18(15-7-5-4-6-8-15)16-11-13(2)9-10-14(16)12-17/h9-11,15H,3-8,12,17H2,1-2H3. The molecule has 0 heterocycles. The van der Waals surface area contributed by atoms with Gasteiger partial charge in [0.25, 0.3) is 0 Å². The fraction of sp³-hybridized carbons (Fsp3) is 0.625. The van der Waals surface area contributed by atoms with E-state index in [1.165, 1.54) is 48.9 Å². The van der Waals surface area contributed by atoms with Crippen LogP contribution in [0.2, 0.25) is 0 Å². The SMILES string of the molecule is CCN(c1cc(C)ccc1CN)C1CCCCC1. The van der Waals surface area contributed by atoms with Gasteiger partial charge < -0.3 is 10.6 Å². The van der Waals surface area contributed by atoms with Crippen molar-refractivity contribution in [3.63, 3.8) is 0 Å². The largest absolute Gasteiger partial charge is 0.369 e. The fourth-order valence-corrected chi connectivity index (χ4v) is 3.13. The molecule has 2 rings (SSSR count). The summed E-state index contributed by atoms with van der Waals surface area (Å²) in [4.78, 5) is 2.58. The van der Waals surface area contributed by atoms with Gasteiger partial charge in [-0.1, -0.05) is 31.4 Å². The number of nitrogens with two attached hydrogens (primary N) is 1. The van der Waals surface area contributed by atoms with Crippen molar-refractivity contribution < 1.29 is 0 Å². The summed E-state index contributed by atoms with van der Waals surface area (Å²) in [5.74, 6) is 0. The Morgan fingerprint density at radius 2 is 1.94 bits per heavy atom. The topological polar surface area (TPSA) is 29.3 Å². The van der Waals surface area contributed by atoms with Crippen molar-refractivity contribution in [2.75, 3.05) is 11.4 Å². The van der Waals surface area contributed by atoms with Crippen LogP contribution in [0.5, 0.6) is 0 Å². The van der Waals surface area contributed by atoms with Crippen LogP contribution in [0.3, 0.4) is 0 Å². The zero-order valence-corrected chi connectivity index (χ0v) is 11.8. The second kappa shape index (κ2) is 6.24. The van der Waals surface area contributed by atoms with Gasteiger partial charge in [0, 0.05) is 24.8 Å². The van der Waals surface area contributed by atoms with Gasteiger partial charge in [0.1, 0.15) is 0 Å². The molecule has 0 bridgehead atoms. The first-order valence-electron chi connectivity index (χ1n) is 7.32. The Hall–Kier alpha value is -1.02. The minimum atomic E-state index is 0.638. The molecule has 0 aromatic heterocycles. The number of hydrogen-bond donors (Lipinski definition) is 1. The minimum absolute atomic E-state index is 0.638. The number of aryl methyl sites for hydroxylation is 1. The van der Waals surface area contributed by atoms with Gasteiger partial charge in [-0.05, 0) is 43.9 Å². The van der Waals surface area contributed by atoms with Crippen molar-refractivity contribution in [2.45, 2.75) is 58.5 Å². The van der Waals surface area contributed by atoms with Gasteiger partial charge in [0.2, 0.25) is 0 Å². The molecule has 0 saturated heterocycles. The minimum Gasteiger partial charge on any atom is -0.369 e. The second-order valence-corrected chi connectivity index (χ2v) is 5.41. The maximum absolute atomic E-state index is 5.90. The van der Waals surface area contributed by atoms with Crippen LogP contribution >= 0.6 is 0 Å². The highest BCUT2D eigenvalue weighted by atomic mass is 15.2. The monoisotopic (exact) mass is 246 g/mol. The van der Waals surface area contributed by atoms with Crippen molar-refractivity contribution in [1.82, 2.24) is 0 Å². The van der Waals surface area contributed by atoms with Crippen molar-refractivity contribution >= 4 is 5.69 Å². The molecule has 2 N–H and O–H groups in total. The maximum Gasteiger partial charge on any atom is 0.0416 e. The van der Waals surface area contributed by atoms with Crippen LogP contribution in [0.15, 0.2) is 18.2 Å². The zero-order chi connectivity index (χ0) is 13.0. The van der Waals surface area contributed by atoms with E-state index in [2.05, 4.69) is 36.9 Å². The van der Waals surface area contributed by atoms with Gasteiger partial charge >= 0.3 is 0 Å². The van der Waals surface area contributed by atoms with Crippen LogP contribution in [-0.4, -0.2) is 12.6 Å². The van der Waals surface area contributed by atoms with Crippen LogP contribution < -0.4 is 10.6 Å². The van der Waals surface area contributed by atoms with Crippen molar-refractivity contribution in [2.24, 2.45) is 5.73 Å². The summed E-state index contributed by atoms with van der Waals surface area (Å²) in [6.07, 6.45) is 6.85. The van der Waals surface area contributed by atoms with E-state index in [4.69, 9.17) is 5.73 Å². The number of hydrogen-bond acceptors (Lipinski definition) is 2. The molecular formula is C16H26N2. The summed E-state index contributed by atoms with van der Waals surface area (Å²) in [5, 5.41) is 0. The number of nitrogens with zero attached hydrogens (tertiary/aromatic N) is 1. The summed E-state index contributed by atoms with van der Waals surface area (Å²) in [7, 11) is 0. The Morgan fingerprint density at radius 1 is 1.22 bits per heavy atom. The average molecular weight is 246 g/mol. The van der Waals surface area contributed by atoms with E-state index in [0.29, 0.717) is 6.54 Å². The smallest absolute Gasteiger partial charge is 0.0416 e. The fourth-order valence-electron chi connectivity index (χ4n) is 3.13. The Kier molecular flexibility index (Phi) is 4.65. The Balaban J connectivity index is 2.27. The third-order valence-corrected chi connectivity index (χ3v) is 4.13. The van der Waals surface area contributed by atoms with E-state index in [1.54, 1.807) is 0 Å². The van der Waals surface area contributed by atoms with Gasteiger partial charge in [-0.2, -0.15) is 0 Å². The first kappa shape index (κ1) is 13.4. The van der Waals surface area contributed by atoms with Crippen molar-refractivity contribution in [3.05, 3.63) is 29.3 Å². The third-order valence-electron chi connectivity index (χ3n) is 4.13. The molecule has 2 nitrogen and oxygen atoms in total. The van der Waals surface area contributed by atoms with Crippen molar-refractivity contribution in [3.8, 4) is 0 Å². The van der Waals surface area contributed by atoms with Gasteiger partial charge in [-0.25, -0.2) is 0 Å². The molecule has 0 aliphatic heterocycles. The van der Waals surface area contributed by atoms with Gasteiger partial charge in [-0.3, -0.25) is 0 Å². The van der Waals surface area contributed by atoms with Gasteiger partial charge in [-0.15, -0.1) is 0 Å². The molecule has 1 fully saturated rings. The van der Waals surface area contributed by atoms with Gasteiger partial charge in [0.15, 0.2) is 0 Å². The predicted molar refractivity (Wildman–Crippen MR) is 79.0 cm³/mol. The predicted octanol–water partition coefficient (Wildman–Crippen LogP) is 3.61. The first-order chi connectivity index (χ1) is 8.76. The zero-order valence-electron chi connectivity index (χ0n) is 11.8. The van der Waals surface area contributed by atoms with Crippen molar-refractivity contribution in [1.29, 1.82) is 0 Å². The van der Waals surface area contributed by atoms with E-state index < -0.39 is 0 Å². The molecule has 1 aliphatic rings. The lowest BCUT2D eigenvalue weighted by molar-refractivity contribution is 0.417. The molecule has 0 atom stereocenters. The van der Waals surface area contributed by atoms with E-state index in [1.807, 2.05) is 0 Å². The lowest BCUT2D eigenvalue weighted by atomic mass is 9.93. The molecule has 1 aliphatic carbocycles. The number of benzene rings is 1. The summed E-state index contributed by atoms with van der Waals surface area (Å²) in [6, 6.07) is 7.38. The maximum atomic E-state index is 5.90. The molecule has 1 aromatic carbocycles. The Labute approximate surface area is 111 Å². The molecule has 0 unspecified atom stereocenters. The highest BCUT2D eigenvalue weighted by Gasteiger charge is 2.21. The summed E-state index contributed by atoms with van der Waals surface area (Å²) >= 11 is 0. The lowest BCUT2D eigenvalue weighted by Gasteiger charge is -2.36. The van der Waals surface area contributed by atoms with Crippen LogP contribution in [0, 0.1) is 6.92 Å². The molecule has 100 valence electrons. The molecule has 1 saturated carbocycles. The quantitative estimate of drug-likeness (QED) is 0.879. The first-order valence-corrected chi connectivity index (χ1v) is 7.32. The van der Waals surface area contributed by atoms with E-state index in [9.17, 15) is 0 Å². The highest BCUT2D eigenvalue weighted by molar-refractivity contribution is 5.56. The van der Waals surface area contributed by atoms with Crippen LogP contribution in [0.1, 0.15) is 50.2 Å². The second-order valence-electron chi connectivity index (χ2n) is 5.41. The number of anilines is 1. The van der Waals surface area contributed by atoms with Crippen LogP contribution in [0.4, 0.5) is 5.69 Å². The molecule has 0 radical (unpaired) electrons. The molecule has 1 aromatic rings. The molecular weight excluding hydrogens is 220 g/mol. The normalized spacial score (nSPS) is 16.8. The van der Waals surface area contributed by atoms with Crippen LogP contribution in [-0.2, 0) is 6.54 Å². The summed E-state index contributed by atoms with van der Waals surface area (Å²) in [6.45, 7) is 6.15. The Morgan fingerprint density at radius 3 is 2.56 bits per heavy atom.